The lowest BCUT2D eigenvalue weighted by molar-refractivity contribution is -0.125. The SMILES string of the molecule is CC(=O)CC(=O)CN=Nc1ccccc1. The van der Waals surface area contributed by atoms with Gasteiger partial charge in [0.15, 0.2) is 5.78 Å². The van der Waals surface area contributed by atoms with Crippen molar-refractivity contribution in [1.82, 2.24) is 0 Å². The monoisotopic (exact) mass is 204 g/mol. The second kappa shape index (κ2) is 5.80. The van der Waals surface area contributed by atoms with Crippen molar-refractivity contribution < 1.29 is 9.59 Å². The van der Waals surface area contributed by atoms with E-state index in [1.54, 1.807) is 12.1 Å². The summed E-state index contributed by atoms with van der Waals surface area (Å²) in [5.41, 5.74) is 0.702. The summed E-state index contributed by atoms with van der Waals surface area (Å²) in [4.78, 5) is 21.7. The van der Waals surface area contributed by atoms with Gasteiger partial charge in [0, 0.05) is 0 Å². The van der Waals surface area contributed by atoms with Crippen LogP contribution in [0.25, 0.3) is 0 Å². The lowest BCUT2D eigenvalue weighted by Crippen LogP contribution is -2.06. The third-order valence-corrected chi connectivity index (χ3v) is 1.64. The molecule has 0 atom stereocenters. The van der Waals surface area contributed by atoms with E-state index in [4.69, 9.17) is 0 Å². The standard InChI is InChI=1S/C11H12N2O2/c1-9(14)7-11(15)8-12-13-10-5-3-2-4-6-10/h2-6H,7-8H2,1H3. The second-order valence-corrected chi connectivity index (χ2v) is 3.15. The fraction of sp³-hybridized carbons (Fsp3) is 0.273. The lowest BCUT2D eigenvalue weighted by atomic mass is 10.2. The van der Waals surface area contributed by atoms with E-state index >= 15 is 0 Å². The summed E-state index contributed by atoms with van der Waals surface area (Å²) in [5.74, 6) is -0.350. The molecule has 4 nitrogen and oxygen atoms in total. The number of hydrogen-bond donors (Lipinski definition) is 0. The van der Waals surface area contributed by atoms with Crippen LogP contribution >= 0.6 is 0 Å². The van der Waals surface area contributed by atoms with Crippen LogP contribution in [0.4, 0.5) is 5.69 Å². The van der Waals surface area contributed by atoms with E-state index in [0.29, 0.717) is 5.69 Å². The molecule has 0 aliphatic carbocycles. The number of hydrogen-bond acceptors (Lipinski definition) is 4. The van der Waals surface area contributed by atoms with Gasteiger partial charge in [0.1, 0.15) is 12.3 Å². The van der Waals surface area contributed by atoms with Crippen molar-refractivity contribution in [3.8, 4) is 0 Å². The first-order valence-corrected chi connectivity index (χ1v) is 4.62. The average molecular weight is 204 g/mol. The van der Waals surface area contributed by atoms with Crippen LogP contribution in [0.1, 0.15) is 13.3 Å². The highest BCUT2D eigenvalue weighted by molar-refractivity contribution is 5.98. The summed E-state index contributed by atoms with van der Waals surface area (Å²) in [5, 5.41) is 7.56. The summed E-state index contributed by atoms with van der Waals surface area (Å²) in [6, 6.07) is 9.13. The van der Waals surface area contributed by atoms with Crippen LogP contribution in [-0.2, 0) is 9.59 Å². The van der Waals surface area contributed by atoms with Crippen molar-refractivity contribution in [3.63, 3.8) is 0 Å². The Labute approximate surface area is 88.0 Å². The van der Waals surface area contributed by atoms with Crippen LogP contribution in [0.2, 0.25) is 0 Å². The maximum Gasteiger partial charge on any atom is 0.163 e. The summed E-state index contributed by atoms with van der Waals surface area (Å²) in [6.45, 7) is 1.35. The molecule has 0 bridgehead atoms. The van der Waals surface area contributed by atoms with Gasteiger partial charge in [0.25, 0.3) is 0 Å². The van der Waals surface area contributed by atoms with Crippen molar-refractivity contribution in [1.29, 1.82) is 0 Å². The summed E-state index contributed by atoms with van der Waals surface area (Å²) < 4.78 is 0. The van der Waals surface area contributed by atoms with Crippen LogP contribution in [0, 0.1) is 0 Å². The Hall–Kier alpha value is -1.84. The van der Waals surface area contributed by atoms with Crippen molar-refractivity contribution >= 4 is 17.3 Å². The predicted molar refractivity (Wildman–Crippen MR) is 56.1 cm³/mol. The van der Waals surface area contributed by atoms with E-state index in [-0.39, 0.29) is 24.5 Å². The Balaban J connectivity index is 2.40. The number of azo groups is 1. The molecule has 0 aromatic heterocycles. The highest BCUT2D eigenvalue weighted by Crippen LogP contribution is 2.09. The third kappa shape index (κ3) is 4.81. The zero-order valence-electron chi connectivity index (χ0n) is 8.51. The van der Waals surface area contributed by atoms with E-state index in [1.165, 1.54) is 6.92 Å². The molecular formula is C11H12N2O2. The summed E-state index contributed by atoms with van der Waals surface area (Å²) in [7, 11) is 0. The normalized spacial score (nSPS) is 10.5. The molecule has 0 radical (unpaired) electrons. The minimum atomic E-state index is -0.206. The van der Waals surface area contributed by atoms with E-state index in [9.17, 15) is 9.59 Å². The van der Waals surface area contributed by atoms with Gasteiger partial charge in [-0.25, -0.2) is 0 Å². The number of ketones is 2. The molecular weight excluding hydrogens is 192 g/mol. The largest absolute Gasteiger partial charge is 0.300 e. The Morgan fingerprint density at radius 1 is 1.20 bits per heavy atom. The van der Waals surface area contributed by atoms with Gasteiger partial charge < -0.3 is 0 Å². The predicted octanol–water partition coefficient (Wildman–Crippen LogP) is 2.32. The molecule has 0 amide bonds. The molecule has 1 aromatic rings. The van der Waals surface area contributed by atoms with Gasteiger partial charge in [0.05, 0.1) is 12.1 Å². The van der Waals surface area contributed by atoms with Gasteiger partial charge in [-0.1, -0.05) is 18.2 Å². The number of carbonyl (C=O) groups is 2. The van der Waals surface area contributed by atoms with Crippen molar-refractivity contribution in [3.05, 3.63) is 30.3 Å². The summed E-state index contributed by atoms with van der Waals surface area (Å²) in [6.07, 6.45) is -0.0617. The Bertz CT molecular complexity index is 371. The van der Waals surface area contributed by atoms with Gasteiger partial charge in [-0.2, -0.15) is 10.2 Å². The minimum absolute atomic E-state index is 0.0333. The molecule has 0 heterocycles. The molecule has 1 rings (SSSR count). The zero-order valence-corrected chi connectivity index (χ0v) is 8.51. The van der Waals surface area contributed by atoms with Gasteiger partial charge in [-0.05, 0) is 19.1 Å². The van der Waals surface area contributed by atoms with E-state index in [2.05, 4.69) is 10.2 Å². The van der Waals surface area contributed by atoms with Crippen LogP contribution in [-0.4, -0.2) is 18.1 Å². The summed E-state index contributed by atoms with van der Waals surface area (Å²) >= 11 is 0. The molecule has 0 saturated heterocycles. The Morgan fingerprint density at radius 2 is 1.87 bits per heavy atom. The van der Waals surface area contributed by atoms with Crippen LogP contribution in [0.5, 0.6) is 0 Å². The number of nitrogens with zero attached hydrogens (tertiary/aromatic N) is 2. The third-order valence-electron chi connectivity index (χ3n) is 1.64. The van der Waals surface area contributed by atoms with Crippen molar-refractivity contribution in [2.75, 3.05) is 6.54 Å². The molecule has 0 saturated carbocycles. The van der Waals surface area contributed by atoms with Gasteiger partial charge in [-0.3, -0.25) is 9.59 Å². The molecule has 1 aromatic carbocycles. The lowest BCUT2D eigenvalue weighted by Gasteiger charge is -1.92. The van der Waals surface area contributed by atoms with E-state index in [0.717, 1.165) is 0 Å². The second-order valence-electron chi connectivity index (χ2n) is 3.15. The topological polar surface area (TPSA) is 58.9 Å². The van der Waals surface area contributed by atoms with E-state index in [1.807, 2.05) is 18.2 Å². The number of rotatable bonds is 5. The smallest absolute Gasteiger partial charge is 0.163 e. The van der Waals surface area contributed by atoms with Crippen molar-refractivity contribution in [2.24, 2.45) is 10.2 Å². The van der Waals surface area contributed by atoms with Crippen LogP contribution < -0.4 is 0 Å². The highest BCUT2D eigenvalue weighted by Gasteiger charge is 2.03. The van der Waals surface area contributed by atoms with Gasteiger partial charge >= 0.3 is 0 Å². The maximum atomic E-state index is 11.1. The molecule has 15 heavy (non-hydrogen) atoms. The molecule has 0 spiro atoms. The molecule has 0 fully saturated rings. The minimum Gasteiger partial charge on any atom is -0.300 e. The molecule has 4 heteroatoms. The maximum absolute atomic E-state index is 11.1. The van der Waals surface area contributed by atoms with Crippen LogP contribution in [0.3, 0.4) is 0 Å². The molecule has 78 valence electrons. The van der Waals surface area contributed by atoms with Crippen LogP contribution in [0.15, 0.2) is 40.6 Å². The fourth-order valence-electron chi connectivity index (χ4n) is 1.02. The van der Waals surface area contributed by atoms with E-state index < -0.39 is 0 Å². The highest BCUT2D eigenvalue weighted by atomic mass is 16.1. The first-order valence-electron chi connectivity index (χ1n) is 4.62. The molecule has 0 aliphatic heterocycles. The first-order chi connectivity index (χ1) is 7.18. The van der Waals surface area contributed by atoms with Gasteiger partial charge in [0.2, 0.25) is 0 Å². The molecule has 0 unspecified atom stereocenters. The zero-order chi connectivity index (χ0) is 11.1. The average Bonchev–Trinajstić information content (AvgIpc) is 2.18. The van der Waals surface area contributed by atoms with Crippen molar-refractivity contribution in [2.45, 2.75) is 13.3 Å². The molecule has 0 aliphatic rings. The Morgan fingerprint density at radius 3 is 2.47 bits per heavy atom. The first kappa shape index (κ1) is 11.2. The van der Waals surface area contributed by atoms with Gasteiger partial charge in [-0.15, -0.1) is 0 Å². The Kier molecular flexibility index (Phi) is 4.34. The number of carbonyl (C=O) groups excluding carboxylic acids is 2. The quantitative estimate of drug-likeness (QED) is 0.545. The fourth-order valence-corrected chi connectivity index (χ4v) is 1.02. The number of benzene rings is 1. The molecule has 0 N–H and O–H groups in total. The number of Topliss-reactive ketones (excluding diaryl/α,β-unsaturated/α-hetero) is 2.